The summed E-state index contributed by atoms with van der Waals surface area (Å²) in [6.07, 6.45) is 0. The highest BCUT2D eigenvalue weighted by Crippen LogP contribution is 2.14. The van der Waals surface area contributed by atoms with Gasteiger partial charge in [-0.2, -0.15) is 0 Å². The molecule has 0 aliphatic rings. The monoisotopic (exact) mass is 255 g/mol. The summed E-state index contributed by atoms with van der Waals surface area (Å²) in [6, 6.07) is 19.1. The molecule has 1 atom stereocenters. The van der Waals surface area contributed by atoms with Gasteiger partial charge in [-0.3, -0.25) is 0 Å². The van der Waals surface area contributed by atoms with Crippen molar-refractivity contribution in [2.24, 2.45) is 0 Å². The fourth-order valence-electron chi connectivity index (χ4n) is 2.00. The van der Waals surface area contributed by atoms with Crippen LogP contribution in [0.5, 0.6) is 5.75 Å². The van der Waals surface area contributed by atoms with Crippen LogP contribution in [0.4, 0.5) is 0 Å². The second kappa shape index (κ2) is 6.95. The molecule has 19 heavy (non-hydrogen) atoms. The molecule has 0 bridgehead atoms. The van der Waals surface area contributed by atoms with Crippen LogP contribution in [0, 0.1) is 0 Å². The van der Waals surface area contributed by atoms with E-state index in [1.54, 1.807) is 0 Å². The van der Waals surface area contributed by atoms with E-state index in [9.17, 15) is 0 Å². The lowest BCUT2D eigenvalue weighted by Gasteiger charge is -2.14. The summed E-state index contributed by atoms with van der Waals surface area (Å²) in [5.74, 6) is 0.933. The normalized spacial score (nSPS) is 12.1. The van der Waals surface area contributed by atoms with Gasteiger partial charge in [-0.1, -0.05) is 42.5 Å². The van der Waals surface area contributed by atoms with Gasteiger partial charge in [0.05, 0.1) is 6.61 Å². The molecule has 2 nitrogen and oxygen atoms in total. The lowest BCUT2D eigenvalue weighted by Crippen LogP contribution is -2.17. The Labute approximate surface area is 115 Å². The largest absolute Gasteiger partial charge is 0.494 e. The molecule has 0 saturated heterocycles. The maximum absolute atomic E-state index is 5.44. The summed E-state index contributed by atoms with van der Waals surface area (Å²) < 4.78 is 5.44. The second-order valence-corrected chi connectivity index (χ2v) is 4.59. The first-order chi connectivity index (χ1) is 9.29. The van der Waals surface area contributed by atoms with Gasteiger partial charge in [-0.25, -0.2) is 0 Å². The standard InChI is InChI=1S/C17H21NO/c1-3-19-17-11-9-15(10-12-17)13-18-14(2)16-7-5-4-6-8-16/h4-12,14,18H,3,13H2,1-2H3. The highest BCUT2D eigenvalue weighted by molar-refractivity contribution is 5.27. The number of benzene rings is 2. The smallest absolute Gasteiger partial charge is 0.119 e. The third-order valence-electron chi connectivity index (χ3n) is 3.15. The van der Waals surface area contributed by atoms with Crippen LogP contribution in [0.2, 0.25) is 0 Å². The molecule has 0 aliphatic heterocycles. The van der Waals surface area contributed by atoms with E-state index >= 15 is 0 Å². The van der Waals surface area contributed by atoms with E-state index in [0.717, 1.165) is 12.3 Å². The first-order valence-electron chi connectivity index (χ1n) is 6.79. The molecule has 0 spiro atoms. The van der Waals surface area contributed by atoms with Crippen LogP contribution in [0.15, 0.2) is 54.6 Å². The molecule has 0 fully saturated rings. The van der Waals surface area contributed by atoms with Crippen LogP contribution in [0.25, 0.3) is 0 Å². The fourth-order valence-corrected chi connectivity index (χ4v) is 2.00. The van der Waals surface area contributed by atoms with Crippen LogP contribution in [0.1, 0.15) is 31.0 Å². The van der Waals surface area contributed by atoms with Gasteiger partial charge in [0.1, 0.15) is 5.75 Å². The molecular formula is C17H21NO. The molecule has 0 saturated carbocycles. The molecule has 1 N–H and O–H groups in total. The van der Waals surface area contributed by atoms with Crippen LogP contribution >= 0.6 is 0 Å². The zero-order valence-corrected chi connectivity index (χ0v) is 11.6. The molecule has 2 heteroatoms. The average Bonchev–Trinajstić information content (AvgIpc) is 2.47. The third kappa shape index (κ3) is 4.11. The topological polar surface area (TPSA) is 21.3 Å². The molecule has 0 aromatic heterocycles. The van der Waals surface area contributed by atoms with Crippen molar-refractivity contribution in [1.29, 1.82) is 0 Å². The Morgan fingerprint density at radius 2 is 1.68 bits per heavy atom. The van der Waals surface area contributed by atoms with E-state index in [1.807, 2.05) is 25.1 Å². The lowest BCUT2D eigenvalue weighted by atomic mass is 10.1. The Kier molecular flexibility index (Phi) is 4.99. The summed E-state index contributed by atoms with van der Waals surface area (Å²) in [6.45, 7) is 5.76. The maximum atomic E-state index is 5.44. The molecule has 100 valence electrons. The molecule has 2 rings (SSSR count). The van der Waals surface area contributed by atoms with Gasteiger partial charge < -0.3 is 10.1 Å². The van der Waals surface area contributed by atoms with E-state index in [-0.39, 0.29) is 0 Å². The van der Waals surface area contributed by atoms with Gasteiger partial charge in [0.2, 0.25) is 0 Å². The van der Waals surface area contributed by atoms with Gasteiger partial charge in [-0.05, 0) is 37.1 Å². The SMILES string of the molecule is CCOc1ccc(CNC(C)c2ccccc2)cc1. The van der Waals surface area contributed by atoms with Crippen molar-refractivity contribution in [2.45, 2.75) is 26.4 Å². The highest BCUT2D eigenvalue weighted by Gasteiger charge is 2.03. The first-order valence-corrected chi connectivity index (χ1v) is 6.79. The summed E-state index contributed by atoms with van der Waals surface area (Å²) in [5.41, 5.74) is 2.58. The van der Waals surface area contributed by atoms with Crippen LogP contribution in [-0.2, 0) is 6.54 Å². The van der Waals surface area contributed by atoms with Crippen molar-refractivity contribution >= 4 is 0 Å². The van der Waals surface area contributed by atoms with Crippen molar-refractivity contribution in [3.05, 3.63) is 65.7 Å². The molecule has 0 heterocycles. The predicted octanol–water partition coefficient (Wildman–Crippen LogP) is 3.94. The predicted molar refractivity (Wildman–Crippen MR) is 79.3 cm³/mol. The molecule has 0 amide bonds. The fraction of sp³-hybridized carbons (Fsp3) is 0.294. The number of hydrogen-bond donors (Lipinski definition) is 1. The van der Waals surface area contributed by atoms with E-state index in [0.29, 0.717) is 12.6 Å². The van der Waals surface area contributed by atoms with Gasteiger partial charge in [0, 0.05) is 12.6 Å². The van der Waals surface area contributed by atoms with Crippen molar-refractivity contribution in [3.63, 3.8) is 0 Å². The summed E-state index contributed by atoms with van der Waals surface area (Å²) >= 11 is 0. The highest BCUT2D eigenvalue weighted by atomic mass is 16.5. The van der Waals surface area contributed by atoms with Gasteiger partial charge in [-0.15, -0.1) is 0 Å². The van der Waals surface area contributed by atoms with E-state index in [2.05, 4.69) is 48.6 Å². The molecule has 2 aromatic rings. The minimum atomic E-state index is 0.354. The third-order valence-corrected chi connectivity index (χ3v) is 3.15. The van der Waals surface area contributed by atoms with Crippen molar-refractivity contribution in [2.75, 3.05) is 6.61 Å². The van der Waals surface area contributed by atoms with Crippen molar-refractivity contribution < 1.29 is 4.74 Å². The first kappa shape index (κ1) is 13.6. The number of nitrogens with one attached hydrogen (secondary N) is 1. The summed E-state index contributed by atoms with van der Waals surface area (Å²) in [5, 5.41) is 3.53. The maximum Gasteiger partial charge on any atom is 0.119 e. The minimum Gasteiger partial charge on any atom is -0.494 e. The zero-order chi connectivity index (χ0) is 13.5. The van der Waals surface area contributed by atoms with Gasteiger partial charge in [0.25, 0.3) is 0 Å². The Morgan fingerprint density at radius 1 is 1.00 bits per heavy atom. The zero-order valence-electron chi connectivity index (χ0n) is 11.6. The van der Waals surface area contributed by atoms with Gasteiger partial charge in [0.15, 0.2) is 0 Å². The van der Waals surface area contributed by atoms with E-state index in [4.69, 9.17) is 4.74 Å². The Bertz CT molecular complexity index is 478. The van der Waals surface area contributed by atoms with Crippen LogP contribution in [0.3, 0.4) is 0 Å². The Morgan fingerprint density at radius 3 is 2.32 bits per heavy atom. The lowest BCUT2D eigenvalue weighted by molar-refractivity contribution is 0.340. The molecule has 2 aromatic carbocycles. The number of rotatable bonds is 6. The number of ether oxygens (including phenoxy) is 1. The molecule has 0 aliphatic carbocycles. The van der Waals surface area contributed by atoms with Gasteiger partial charge >= 0.3 is 0 Å². The Hall–Kier alpha value is -1.80. The summed E-state index contributed by atoms with van der Waals surface area (Å²) in [7, 11) is 0. The van der Waals surface area contributed by atoms with Crippen molar-refractivity contribution in [3.8, 4) is 5.75 Å². The Balaban J connectivity index is 1.88. The second-order valence-electron chi connectivity index (χ2n) is 4.59. The van der Waals surface area contributed by atoms with Crippen LogP contribution < -0.4 is 10.1 Å². The van der Waals surface area contributed by atoms with E-state index in [1.165, 1.54) is 11.1 Å². The average molecular weight is 255 g/mol. The van der Waals surface area contributed by atoms with E-state index < -0.39 is 0 Å². The van der Waals surface area contributed by atoms with Crippen LogP contribution in [-0.4, -0.2) is 6.61 Å². The quantitative estimate of drug-likeness (QED) is 0.844. The summed E-state index contributed by atoms with van der Waals surface area (Å²) in [4.78, 5) is 0. The molecule has 0 radical (unpaired) electrons. The minimum absolute atomic E-state index is 0.354. The number of hydrogen-bond acceptors (Lipinski definition) is 2. The molecule has 1 unspecified atom stereocenters. The molecular weight excluding hydrogens is 234 g/mol. The van der Waals surface area contributed by atoms with Crippen molar-refractivity contribution in [1.82, 2.24) is 5.32 Å².